The van der Waals surface area contributed by atoms with Crippen LogP contribution in [-0.4, -0.2) is 18.5 Å². The summed E-state index contributed by atoms with van der Waals surface area (Å²) in [7, 11) is 0. The van der Waals surface area contributed by atoms with E-state index in [9.17, 15) is 9.18 Å². The number of benzene rings is 1. The second-order valence-electron chi connectivity index (χ2n) is 4.61. The fourth-order valence-electron chi connectivity index (χ4n) is 2.09. The maximum Gasteiger partial charge on any atom is 0.241 e. The molecule has 2 N–H and O–H groups in total. The van der Waals surface area contributed by atoms with Gasteiger partial charge in [-0.3, -0.25) is 4.79 Å². The molecule has 1 fully saturated rings. The minimum absolute atomic E-state index is 0.151. The maximum absolute atomic E-state index is 13.4. The Morgan fingerprint density at radius 3 is 2.94 bits per heavy atom. The van der Waals surface area contributed by atoms with Crippen LogP contribution in [0.15, 0.2) is 24.3 Å². The number of anilines is 1. The van der Waals surface area contributed by atoms with Crippen molar-refractivity contribution < 1.29 is 9.18 Å². The average molecular weight is 236 g/mol. The third-order valence-electron chi connectivity index (χ3n) is 3.11. The lowest BCUT2D eigenvalue weighted by Crippen LogP contribution is -2.45. The molecule has 1 saturated heterocycles. The predicted molar refractivity (Wildman–Crippen MR) is 65.2 cm³/mol. The molecule has 2 rings (SSSR count). The number of halogens is 1. The van der Waals surface area contributed by atoms with E-state index in [0.29, 0.717) is 5.92 Å². The largest absolute Gasteiger partial charge is 0.322 e. The summed E-state index contributed by atoms with van der Waals surface area (Å²) in [5.74, 6) is -0.0148. The van der Waals surface area contributed by atoms with Gasteiger partial charge in [-0.15, -0.1) is 0 Å². The van der Waals surface area contributed by atoms with Crippen molar-refractivity contribution in [2.75, 3.05) is 11.9 Å². The maximum atomic E-state index is 13.4. The van der Waals surface area contributed by atoms with E-state index in [0.717, 1.165) is 19.4 Å². The van der Waals surface area contributed by atoms with Gasteiger partial charge in [0.15, 0.2) is 0 Å². The zero-order valence-corrected chi connectivity index (χ0v) is 9.87. The first kappa shape index (κ1) is 12.0. The highest BCUT2D eigenvalue weighted by molar-refractivity contribution is 5.95. The number of hydrogen-bond acceptors (Lipinski definition) is 2. The molecule has 17 heavy (non-hydrogen) atoms. The number of rotatable bonds is 2. The molecule has 1 aliphatic rings. The van der Waals surface area contributed by atoms with Crippen LogP contribution >= 0.6 is 0 Å². The van der Waals surface area contributed by atoms with Gasteiger partial charge in [-0.2, -0.15) is 0 Å². The van der Waals surface area contributed by atoms with Crippen molar-refractivity contribution in [2.24, 2.45) is 5.92 Å². The molecule has 4 heteroatoms. The fraction of sp³-hybridized carbons (Fsp3) is 0.462. The summed E-state index contributed by atoms with van der Waals surface area (Å²) in [6, 6.07) is 6.01. The van der Waals surface area contributed by atoms with Gasteiger partial charge in [-0.1, -0.05) is 19.1 Å². The summed E-state index contributed by atoms with van der Waals surface area (Å²) in [5.41, 5.74) is 0.248. The first-order valence-electron chi connectivity index (χ1n) is 5.95. The zero-order chi connectivity index (χ0) is 12.3. The van der Waals surface area contributed by atoms with Gasteiger partial charge in [-0.05, 0) is 37.4 Å². The molecule has 0 aliphatic carbocycles. The summed E-state index contributed by atoms with van der Waals surface area (Å²) >= 11 is 0. The lowest BCUT2D eigenvalue weighted by molar-refractivity contribution is -0.119. The van der Waals surface area contributed by atoms with Crippen LogP contribution < -0.4 is 10.6 Å². The van der Waals surface area contributed by atoms with Crippen molar-refractivity contribution in [3.8, 4) is 0 Å². The lowest BCUT2D eigenvalue weighted by Gasteiger charge is -2.27. The number of carbonyl (C=O) groups is 1. The summed E-state index contributed by atoms with van der Waals surface area (Å²) in [4.78, 5) is 11.9. The van der Waals surface area contributed by atoms with E-state index in [2.05, 4.69) is 17.6 Å². The number of hydrogen-bond donors (Lipinski definition) is 2. The summed E-state index contributed by atoms with van der Waals surface area (Å²) in [5, 5.41) is 5.78. The second kappa shape index (κ2) is 5.27. The van der Waals surface area contributed by atoms with E-state index in [1.807, 2.05) is 0 Å². The van der Waals surface area contributed by atoms with Crippen LogP contribution in [0.3, 0.4) is 0 Å². The van der Waals surface area contributed by atoms with Crippen LogP contribution in [0.25, 0.3) is 0 Å². The Hall–Kier alpha value is -1.42. The normalized spacial score (nSPS) is 24.4. The smallest absolute Gasteiger partial charge is 0.241 e. The monoisotopic (exact) mass is 236 g/mol. The Balaban J connectivity index is 1.99. The van der Waals surface area contributed by atoms with Gasteiger partial charge in [0, 0.05) is 0 Å². The van der Waals surface area contributed by atoms with Gasteiger partial charge in [-0.25, -0.2) is 4.39 Å². The number of piperidine rings is 1. The highest BCUT2D eigenvalue weighted by Crippen LogP contribution is 2.18. The first-order chi connectivity index (χ1) is 8.16. The van der Waals surface area contributed by atoms with Gasteiger partial charge in [0.1, 0.15) is 5.82 Å². The van der Waals surface area contributed by atoms with E-state index in [1.54, 1.807) is 18.2 Å². The average Bonchev–Trinajstić information content (AvgIpc) is 2.32. The first-order valence-corrected chi connectivity index (χ1v) is 5.95. The topological polar surface area (TPSA) is 41.1 Å². The van der Waals surface area contributed by atoms with Crippen LogP contribution in [-0.2, 0) is 4.79 Å². The minimum Gasteiger partial charge on any atom is -0.322 e. The highest BCUT2D eigenvalue weighted by Gasteiger charge is 2.24. The van der Waals surface area contributed by atoms with Crippen molar-refractivity contribution >= 4 is 11.6 Å². The van der Waals surface area contributed by atoms with Crippen LogP contribution in [0.5, 0.6) is 0 Å². The molecule has 2 unspecified atom stereocenters. The third kappa shape index (κ3) is 3.03. The van der Waals surface area contributed by atoms with E-state index < -0.39 is 5.82 Å². The molecule has 0 radical (unpaired) electrons. The Kier molecular flexibility index (Phi) is 3.74. The van der Waals surface area contributed by atoms with Crippen molar-refractivity contribution in [1.29, 1.82) is 0 Å². The van der Waals surface area contributed by atoms with Crippen LogP contribution in [0, 0.1) is 11.7 Å². The van der Waals surface area contributed by atoms with Crippen LogP contribution in [0.1, 0.15) is 19.8 Å². The molecule has 1 aliphatic heterocycles. The molecule has 1 amide bonds. The summed E-state index contributed by atoms with van der Waals surface area (Å²) in [6.07, 6.45) is 1.89. The molecule has 0 aromatic heterocycles. The second-order valence-corrected chi connectivity index (χ2v) is 4.61. The van der Waals surface area contributed by atoms with Crippen molar-refractivity contribution in [3.63, 3.8) is 0 Å². The number of para-hydroxylation sites is 1. The number of nitrogens with one attached hydrogen (secondary N) is 2. The van der Waals surface area contributed by atoms with Crippen LogP contribution in [0.2, 0.25) is 0 Å². The fourth-order valence-corrected chi connectivity index (χ4v) is 2.09. The molecule has 1 aromatic rings. The lowest BCUT2D eigenvalue weighted by atomic mass is 9.94. The Labute approximate surface area is 100 Å². The third-order valence-corrected chi connectivity index (χ3v) is 3.11. The van der Waals surface area contributed by atoms with E-state index in [-0.39, 0.29) is 17.6 Å². The van der Waals surface area contributed by atoms with Crippen molar-refractivity contribution in [1.82, 2.24) is 5.32 Å². The van der Waals surface area contributed by atoms with E-state index in [4.69, 9.17) is 0 Å². The Morgan fingerprint density at radius 1 is 1.47 bits per heavy atom. The Bertz CT molecular complexity index is 408. The summed E-state index contributed by atoms with van der Waals surface area (Å²) in [6.45, 7) is 2.97. The van der Waals surface area contributed by atoms with Crippen molar-refractivity contribution in [2.45, 2.75) is 25.8 Å². The molecular weight excluding hydrogens is 219 g/mol. The molecule has 0 spiro atoms. The zero-order valence-electron chi connectivity index (χ0n) is 9.87. The van der Waals surface area contributed by atoms with Crippen molar-refractivity contribution in [3.05, 3.63) is 30.1 Å². The standard InChI is InChI=1S/C13H17FN2O/c1-9-6-7-15-12(8-9)13(17)16-11-5-3-2-4-10(11)14/h2-5,9,12,15H,6-8H2,1H3,(H,16,17). The van der Waals surface area contributed by atoms with Gasteiger partial charge < -0.3 is 10.6 Å². The number of carbonyl (C=O) groups excluding carboxylic acids is 1. The van der Waals surface area contributed by atoms with E-state index >= 15 is 0 Å². The molecule has 92 valence electrons. The summed E-state index contributed by atoms with van der Waals surface area (Å²) < 4.78 is 13.4. The molecule has 1 heterocycles. The van der Waals surface area contributed by atoms with E-state index in [1.165, 1.54) is 6.07 Å². The molecule has 2 atom stereocenters. The predicted octanol–water partition coefficient (Wildman–Crippen LogP) is 2.15. The SMILES string of the molecule is CC1CCNC(C(=O)Nc2ccccc2F)C1. The van der Waals surface area contributed by atoms with Gasteiger partial charge in [0.2, 0.25) is 5.91 Å². The quantitative estimate of drug-likeness (QED) is 0.826. The van der Waals surface area contributed by atoms with Gasteiger partial charge >= 0.3 is 0 Å². The van der Waals surface area contributed by atoms with Gasteiger partial charge in [0.25, 0.3) is 0 Å². The highest BCUT2D eigenvalue weighted by atomic mass is 19.1. The molecule has 3 nitrogen and oxygen atoms in total. The van der Waals surface area contributed by atoms with Gasteiger partial charge in [0.05, 0.1) is 11.7 Å². The molecular formula is C13H17FN2O. The molecule has 0 bridgehead atoms. The Morgan fingerprint density at radius 2 is 2.24 bits per heavy atom. The molecule has 1 aromatic carbocycles. The van der Waals surface area contributed by atoms with Crippen LogP contribution in [0.4, 0.5) is 10.1 Å². The molecule has 0 saturated carbocycles. The number of amides is 1. The minimum atomic E-state index is -0.398.